The van der Waals surface area contributed by atoms with Crippen molar-refractivity contribution < 1.29 is 18.8 Å². The van der Waals surface area contributed by atoms with Crippen molar-refractivity contribution in [1.82, 2.24) is 5.32 Å². The third-order valence-corrected chi connectivity index (χ3v) is 4.80. The van der Waals surface area contributed by atoms with Gasteiger partial charge in [-0.15, -0.1) is 0 Å². The molecule has 3 rings (SSSR count). The van der Waals surface area contributed by atoms with Gasteiger partial charge in [-0.05, 0) is 53.4 Å². The molecule has 0 saturated carbocycles. The van der Waals surface area contributed by atoms with E-state index in [9.17, 15) is 14.4 Å². The summed E-state index contributed by atoms with van der Waals surface area (Å²) in [4.78, 5) is 36.6. The van der Waals surface area contributed by atoms with Gasteiger partial charge < -0.3 is 20.4 Å². The second kappa shape index (κ2) is 9.96. The molecule has 0 bridgehead atoms. The smallest absolute Gasteiger partial charge is 0.291 e. The second-order valence-electron chi connectivity index (χ2n) is 8.39. The summed E-state index contributed by atoms with van der Waals surface area (Å²) in [6, 6.07) is 17.5. The summed E-state index contributed by atoms with van der Waals surface area (Å²) in [5.74, 6) is -0.649. The predicted octanol–water partition coefficient (Wildman–Crippen LogP) is 4.59. The number of anilines is 2. The lowest BCUT2D eigenvalue weighted by molar-refractivity contribution is -0.116. The molecule has 0 radical (unpaired) electrons. The maximum Gasteiger partial charge on any atom is 0.291 e. The molecule has 7 nitrogen and oxygen atoms in total. The van der Waals surface area contributed by atoms with Crippen molar-refractivity contribution in [2.75, 3.05) is 17.2 Å². The van der Waals surface area contributed by atoms with E-state index < -0.39 is 0 Å². The largest absolute Gasteiger partial charge is 0.459 e. The Kier molecular flexibility index (Phi) is 7.10. The van der Waals surface area contributed by atoms with Crippen LogP contribution >= 0.6 is 0 Å². The first-order valence-corrected chi connectivity index (χ1v) is 10.4. The first-order chi connectivity index (χ1) is 15.2. The van der Waals surface area contributed by atoms with E-state index in [1.165, 1.54) is 6.26 Å². The summed E-state index contributed by atoms with van der Waals surface area (Å²) in [7, 11) is 0. The summed E-state index contributed by atoms with van der Waals surface area (Å²) in [6.07, 6.45) is 1.54. The highest BCUT2D eigenvalue weighted by Crippen LogP contribution is 2.22. The lowest BCUT2D eigenvalue weighted by atomic mass is 9.87. The van der Waals surface area contributed by atoms with Crippen LogP contribution in [-0.4, -0.2) is 24.3 Å². The Labute approximate surface area is 187 Å². The van der Waals surface area contributed by atoms with Crippen molar-refractivity contribution in [1.29, 1.82) is 0 Å². The molecule has 0 aliphatic heterocycles. The van der Waals surface area contributed by atoms with Crippen LogP contribution < -0.4 is 16.0 Å². The van der Waals surface area contributed by atoms with Gasteiger partial charge in [0, 0.05) is 29.9 Å². The Morgan fingerprint density at radius 2 is 1.53 bits per heavy atom. The summed E-state index contributed by atoms with van der Waals surface area (Å²) in [6.45, 7) is 6.55. The number of amides is 3. The normalized spacial score (nSPS) is 11.0. The molecule has 0 saturated heterocycles. The van der Waals surface area contributed by atoms with Gasteiger partial charge in [-0.2, -0.15) is 0 Å². The zero-order chi connectivity index (χ0) is 23.1. The summed E-state index contributed by atoms with van der Waals surface area (Å²) in [5.41, 5.74) is 2.79. The van der Waals surface area contributed by atoms with Crippen molar-refractivity contribution in [2.24, 2.45) is 0 Å². The van der Waals surface area contributed by atoms with Crippen LogP contribution in [0.5, 0.6) is 0 Å². The second-order valence-corrected chi connectivity index (χ2v) is 8.39. The van der Waals surface area contributed by atoms with Gasteiger partial charge in [0.2, 0.25) is 5.91 Å². The average molecular weight is 434 g/mol. The molecule has 3 N–H and O–H groups in total. The number of hydrogen-bond acceptors (Lipinski definition) is 4. The van der Waals surface area contributed by atoms with E-state index in [1.807, 2.05) is 12.1 Å². The van der Waals surface area contributed by atoms with Gasteiger partial charge in [-0.25, -0.2) is 0 Å². The van der Waals surface area contributed by atoms with Gasteiger partial charge in [-0.3, -0.25) is 14.4 Å². The van der Waals surface area contributed by atoms with Crippen LogP contribution in [0.4, 0.5) is 11.4 Å². The Morgan fingerprint density at radius 3 is 2.16 bits per heavy atom. The highest BCUT2D eigenvalue weighted by Gasteiger charge is 2.14. The molecule has 3 amide bonds. The van der Waals surface area contributed by atoms with Crippen LogP contribution in [0.15, 0.2) is 71.3 Å². The van der Waals surface area contributed by atoms with E-state index in [0.29, 0.717) is 16.9 Å². The van der Waals surface area contributed by atoms with Crippen LogP contribution in [0.2, 0.25) is 0 Å². The maximum atomic E-state index is 12.3. The minimum absolute atomic E-state index is 0.0198. The SMILES string of the molecule is CC(C)(C)c1ccc(C(=O)NCCC(=O)Nc2cccc(NC(=O)c3ccco3)c2)cc1. The van der Waals surface area contributed by atoms with Crippen molar-refractivity contribution in [3.05, 3.63) is 83.8 Å². The highest BCUT2D eigenvalue weighted by atomic mass is 16.3. The van der Waals surface area contributed by atoms with Crippen LogP contribution in [0.25, 0.3) is 0 Å². The molecule has 0 fully saturated rings. The fraction of sp³-hybridized carbons (Fsp3) is 0.240. The lowest BCUT2D eigenvalue weighted by Gasteiger charge is -2.19. The van der Waals surface area contributed by atoms with Crippen molar-refractivity contribution in [2.45, 2.75) is 32.6 Å². The summed E-state index contributed by atoms with van der Waals surface area (Å²) in [5, 5.41) is 8.23. The number of carbonyl (C=O) groups excluding carboxylic acids is 3. The quantitative estimate of drug-likeness (QED) is 0.507. The predicted molar refractivity (Wildman–Crippen MR) is 124 cm³/mol. The molecule has 1 aromatic heterocycles. The number of rotatable bonds is 7. The number of benzene rings is 2. The van der Waals surface area contributed by atoms with Crippen molar-refractivity contribution in [3.8, 4) is 0 Å². The molecule has 0 spiro atoms. The molecule has 166 valence electrons. The highest BCUT2D eigenvalue weighted by molar-refractivity contribution is 6.02. The first-order valence-electron chi connectivity index (χ1n) is 10.4. The molecule has 1 heterocycles. The Bertz CT molecular complexity index is 1080. The summed E-state index contributed by atoms with van der Waals surface area (Å²) < 4.78 is 5.06. The van der Waals surface area contributed by atoms with Gasteiger partial charge in [0.25, 0.3) is 11.8 Å². The Morgan fingerprint density at radius 1 is 0.844 bits per heavy atom. The minimum Gasteiger partial charge on any atom is -0.459 e. The van der Waals surface area contributed by atoms with E-state index in [2.05, 4.69) is 36.7 Å². The first kappa shape index (κ1) is 22.8. The van der Waals surface area contributed by atoms with Gasteiger partial charge in [0.1, 0.15) is 0 Å². The third kappa shape index (κ3) is 6.31. The molecule has 3 aromatic rings. The van der Waals surface area contributed by atoms with E-state index in [4.69, 9.17) is 4.42 Å². The van der Waals surface area contributed by atoms with Gasteiger partial charge in [0.15, 0.2) is 5.76 Å². The van der Waals surface area contributed by atoms with E-state index in [1.54, 1.807) is 48.5 Å². The molecule has 0 aliphatic carbocycles. The average Bonchev–Trinajstić information content (AvgIpc) is 3.28. The molecule has 2 aromatic carbocycles. The van der Waals surface area contributed by atoms with E-state index >= 15 is 0 Å². The Balaban J connectivity index is 1.46. The molecule has 0 unspecified atom stereocenters. The summed E-state index contributed by atoms with van der Waals surface area (Å²) >= 11 is 0. The van der Waals surface area contributed by atoms with Crippen LogP contribution in [0.1, 0.15) is 53.7 Å². The fourth-order valence-electron chi connectivity index (χ4n) is 3.01. The van der Waals surface area contributed by atoms with Crippen molar-refractivity contribution in [3.63, 3.8) is 0 Å². The monoisotopic (exact) mass is 433 g/mol. The van der Waals surface area contributed by atoms with Crippen LogP contribution in [0.3, 0.4) is 0 Å². The minimum atomic E-state index is -0.378. The zero-order valence-corrected chi connectivity index (χ0v) is 18.4. The van der Waals surface area contributed by atoms with Crippen LogP contribution in [-0.2, 0) is 10.2 Å². The standard InChI is InChI=1S/C25H27N3O4/c1-25(2,3)18-11-9-17(10-12-18)23(30)26-14-13-22(29)27-19-6-4-7-20(16-19)28-24(31)21-8-5-15-32-21/h4-12,15-16H,13-14H2,1-3H3,(H,26,30)(H,27,29)(H,28,31). The van der Waals surface area contributed by atoms with Gasteiger partial charge in [-0.1, -0.05) is 39.0 Å². The fourth-order valence-corrected chi connectivity index (χ4v) is 3.01. The topological polar surface area (TPSA) is 100 Å². The van der Waals surface area contributed by atoms with Crippen molar-refractivity contribution >= 4 is 29.1 Å². The number of hydrogen-bond donors (Lipinski definition) is 3. The Hall–Kier alpha value is -3.87. The van der Waals surface area contributed by atoms with Crippen LogP contribution in [0, 0.1) is 0 Å². The third-order valence-electron chi connectivity index (χ3n) is 4.80. The molecule has 32 heavy (non-hydrogen) atoms. The number of carbonyl (C=O) groups is 3. The van der Waals surface area contributed by atoms with Gasteiger partial charge in [0.05, 0.1) is 6.26 Å². The van der Waals surface area contributed by atoms with E-state index in [0.717, 1.165) is 5.56 Å². The maximum absolute atomic E-state index is 12.3. The van der Waals surface area contributed by atoms with E-state index in [-0.39, 0.29) is 41.9 Å². The molecular formula is C25H27N3O4. The zero-order valence-electron chi connectivity index (χ0n) is 18.4. The molecule has 0 atom stereocenters. The number of furan rings is 1. The lowest BCUT2D eigenvalue weighted by Crippen LogP contribution is -2.27. The molecular weight excluding hydrogens is 406 g/mol. The molecule has 0 aliphatic rings. The number of nitrogens with one attached hydrogen (secondary N) is 3. The molecule has 7 heteroatoms. The van der Waals surface area contributed by atoms with Gasteiger partial charge >= 0.3 is 0 Å².